The first-order valence-corrected chi connectivity index (χ1v) is 10.2. The number of rotatable bonds is 3. The average Bonchev–Trinajstić information content (AvgIpc) is 3.43. The largest absolute Gasteiger partial charge is 0.341 e. The third-order valence-electron chi connectivity index (χ3n) is 6.33. The first kappa shape index (κ1) is 17.3. The molecule has 8 nitrogen and oxygen atoms in total. The molecule has 1 fully saturated rings. The van der Waals surface area contributed by atoms with Crippen molar-refractivity contribution < 1.29 is 4.57 Å². The van der Waals surface area contributed by atoms with E-state index in [4.69, 9.17) is 9.97 Å². The molecule has 1 atom stereocenters. The minimum Gasteiger partial charge on any atom is -0.341 e. The highest BCUT2D eigenvalue weighted by Gasteiger charge is 2.39. The van der Waals surface area contributed by atoms with Crippen LogP contribution in [-0.2, 0) is 7.05 Å². The lowest BCUT2D eigenvalue weighted by Gasteiger charge is -2.40. The van der Waals surface area contributed by atoms with E-state index in [1.807, 2.05) is 37.1 Å². The molecular formula is C20H27N8+. The van der Waals surface area contributed by atoms with Crippen molar-refractivity contribution in [3.63, 3.8) is 0 Å². The molecule has 0 spiro atoms. The predicted molar refractivity (Wildman–Crippen MR) is 105 cm³/mol. The Hall–Kier alpha value is -2.77. The van der Waals surface area contributed by atoms with Crippen molar-refractivity contribution in [2.75, 3.05) is 4.90 Å². The van der Waals surface area contributed by atoms with Gasteiger partial charge < -0.3 is 4.90 Å². The van der Waals surface area contributed by atoms with Gasteiger partial charge in [-0.1, -0.05) is 19.8 Å². The molecule has 5 rings (SSSR count). The Labute approximate surface area is 164 Å². The summed E-state index contributed by atoms with van der Waals surface area (Å²) in [4.78, 5) is 12.3. The summed E-state index contributed by atoms with van der Waals surface area (Å²) in [6.45, 7) is 6.31. The highest BCUT2D eigenvalue weighted by atomic mass is 15.4. The van der Waals surface area contributed by atoms with Gasteiger partial charge in [-0.3, -0.25) is 4.57 Å². The van der Waals surface area contributed by atoms with Crippen LogP contribution in [0.4, 0.5) is 5.82 Å². The van der Waals surface area contributed by atoms with Crippen molar-refractivity contribution in [2.24, 2.45) is 7.05 Å². The molecule has 1 aliphatic carbocycles. The summed E-state index contributed by atoms with van der Waals surface area (Å²) in [5, 5.41) is 8.91. The van der Waals surface area contributed by atoms with E-state index in [0.29, 0.717) is 12.0 Å². The van der Waals surface area contributed by atoms with Gasteiger partial charge in [0.2, 0.25) is 0 Å². The van der Waals surface area contributed by atoms with Crippen LogP contribution < -0.4 is 9.47 Å². The van der Waals surface area contributed by atoms with E-state index in [-0.39, 0.29) is 6.04 Å². The van der Waals surface area contributed by atoms with Gasteiger partial charge in [-0.05, 0) is 26.2 Å². The number of anilines is 1. The van der Waals surface area contributed by atoms with Crippen molar-refractivity contribution in [2.45, 2.75) is 65.0 Å². The number of nitrogens with zero attached hydrogens (tertiary/aromatic N) is 8. The lowest BCUT2D eigenvalue weighted by Crippen LogP contribution is -2.42. The highest BCUT2D eigenvalue weighted by Crippen LogP contribution is 2.43. The Balaban J connectivity index is 1.73. The lowest BCUT2D eigenvalue weighted by molar-refractivity contribution is -0.677. The Kier molecular flexibility index (Phi) is 3.96. The van der Waals surface area contributed by atoms with E-state index in [0.717, 1.165) is 35.4 Å². The SMILES string of the molecule is CC[C@@H]1c2nnc(C)n2-c2cnc(-n3cc[n+](C)c3C)nc2N1C1CCCC1. The summed E-state index contributed by atoms with van der Waals surface area (Å²) < 4.78 is 6.26. The molecule has 0 aromatic carbocycles. The maximum absolute atomic E-state index is 5.09. The zero-order chi connectivity index (χ0) is 19.4. The van der Waals surface area contributed by atoms with E-state index < -0.39 is 0 Å². The van der Waals surface area contributed by atoms with Crippen LogP contribution in [0.25, 0.3) is 11.6 Å². The quantitative estimate of drug-likeness (QED) is 0.654. The number of hydrogen-bond donors (Lipinski definition) is 0. The van der Waals surface area contributed by atoms with Gasteiger partial charge in [0.15, 0.2) is 11.6 Å². The number of imidazole rings is 1. The topological polar surface area (TPSA) is 68.5 Å². The molecule has 0 radical (unpaired) electrons. The Morgan fingerprint density at radius 2 is 1.96 bits per heavy atom. The minimum atomic E-state index is 0.196. The van der Waals surface area contributed by atoms with Gasteiger partial charge in [0.05, 0.1) is 19.3 Å². The van der Waals surface area contributed by atoms with Gasteiger partial charge in [0.25, 0.3) is 5.82 Å². The van der Waals surface area contributed by atoms with Gasteiger partial charge in [0, 0.05) is 13.0 Å². The molecule has 3 aromatic heterocycles. The summed E-state index contributed by atoms with van der Waals surface area (Å²) >= 11 is 0. The first-order valence-electron chi connectivity index (χ1n) is 10.2. The molecule has 8 heteroatoms. The average molecular weight is 379 g/mol. The number of aryl methyl sites for hydroxylation is 2. The van der Waals surface area contributed by atoms with Crippen LogP contribution in [0.15, 0.2) is 18.6 Å². The smallest absolute Gasteiger partial charge is 0.327 e. The molecule has 0 N–H and O–H groups in total. The maximum Gasteiger partial charge on any atom is 0.327 e. The summed E-state index contributed by atoms with van der Waals surface area (Å²) in [5.41, 5.74) is 0.993. The molecule has 0 amide bonds. The van der Waals surface area contributed by atoms with Crippen LogP contribution in [0, 0.1) is 13.8 Å². The molecular weight excluding hydrogens is 352 g/mol. The monoisotopic (exact) mass is 379 g/mol. The van der Waals surface area contributed by atoms with Gasteiger partial charge >= 0.3 is 5.95 Å². The van der Waals surface area contributed by atoms with Crippen molar-refractivity contribution in [1.29, 1.82) is 0 Å². The van der Waals surface area contributed by atoms with Gasteiger partial charge in [-0.2, -0.15) is 14.5 Å². The van der Waals surface area contributed by atoms with Crippen molar-refractivity contribution in [1.82, 2.24) is 29.3 Å². The molecule has 1 aliphatic heterocycles. The van der Waals surface area contributed by atoms with Gasteiger partial charge in [-0.15, -0.1) is 10.2 Å². The van der Waals surface area contributed by atoms with Crippen LogP contribution in [0.3, 0.4) is 0 Å². The maximum atomic E-state index is 5.09. The van der Waals surface area contributed by atoms with Crippen molar-refractivity contribution >= 4 is 5.82 Å². The molecule has 3 aromatic rings. The van der Waals surface area contributed by atoms with Crippen LogP contribution in [-0.4, -0.2) is 35.3 Å². The van der Waals surface area contributed by atoms with E-state index in [9.17, 15) is 0 Å². The third-order valence-corrected chi connectivity index (χ3v) is 6.33. The minimum absolute atomic E-state index is 0.196. The predicted octanol–water partition coefficient (Wildman–Crippen LogP) is 2.50. The standard InChI is InChI=1S/C20H27N8/c1-5-16-19-24-23-13(2)27(19)17-12-21-20(26-11-10-25(4)14(26)3)22-18(17)28(16)15-8-6-7-9-15/h10-12,15-16H,5-9H2,1-4H3/q+1/t16-/m1/s1. The third kappa shape index (κ3) is 2.40. The van der Waals surface area contributed by atoms with Gasteiger partial charge in [0.1, 0.15) is 23.9 Å². The number of hydrogen-bond acceptors (Lipinski definition) is 5. The van der Waals surface area contributed by atoms with Crippen LogP contribution in [0.2, 0.25) is 0 Å². The normalized spacial score (nSPS) is 19.1. The second kappa shape index (κ2) is 6.39. The molecule has 146 valence electrons. The lowest BCUT2D eigenvalue weighted by atomic mass is 10.0. The Morgan fingerprint density at radius 3 is 2.64 bits per heavy atom. The fraction of sp³-hybridized carbons (Fsp3) is 0.550. The molecule has 1 saturated carbocycles. The van der Waals surface area contributed by atoms with Crippen LogP contribution in [0.5, 0.6) is 0 Å². The number of fused-ring (bicyclic) bond motifs is 3. The second-order valence-corrected chi connectivity index (χ2v) is 7.92. The summed E-state index contributed by atoms with van der Waals surface area (Å²) in [7, 11) is 2.04. The Bertz CT molecular complexity index is 1030. The van der Waals surface area contributed by atoms with E-state index in [2.05, 4.69) is 38.1 Å². The molecule has 28 heavy (non-hydrogen) atoms. The summed E-state index contributed by atoms with van der Waals surface area (Å²) in [6, 6.07) is 0.695. The fourth-order valence-corrected chi connectivity index (χ4v) is 4.74. The highest BCUT2D eigenvalue weighted by molar-refractivity contribution is 5.63. The van der Waals surface area contributed by atoms with Crippen LogP contribution in [0.1, 0.15) is 62.5 Å². The molecule has 4 heterocycles. The van der Waals surface area contributed by atoms with E-state index >= 15 is 0 Å². The molecule has 0 bridgehead atoms. The van der Waals surface area contributed by atoms with E-state index in [1.165, 1.54) is 25.7 Å². The zero-order valence-electron chi connectivity index (χ0n) is 17.0. The number of aromatic nitrogens is 7. The fourth-order valence-electron chi connectivity index (χ4n) is 4.74. The second-order valence-electron chi connectivity index (χ2n) is 7.92. The molecule has 0 saturated heterocycles. The summed E-state index contributed by atoms with van der Waals surface area (Å²) in [5.74, 6) is 4.72. The zero-order valence-corrected chi connectivity index (χ0v) is 17.0. The summed E-state index contributed by atoms with van der Waals surface area (Å²) in [6.07, 6.45) is 11.9. The molecule has 0 unspecified atom stereocenters. The van der Waals surface area contributed by atoms with Gasteiger partial charge in [-0.25, -0.2) is 4.57 Å². The Morgan fingerprint density at radius 1 is 1.18 bits per heavy atom. The molecule has 2 aliphatic rings. The van der Waals surface area contributed by atoms with Crippen LogP contribution >= 0.6 is 0 Å². The van der Waals surface area contributed by atoms with Crippen molar-refractivity contribution in [3.8, 4) is 11.6 Å². The van der Waals surface area contributed by atoms with E-state index in [1.54, 1.807) is 0 Å². The first-order chi connectivity index (χ1) is 13.6. The van der Waals surface area contributed by atoms with Crippen molar-refractivity contribution in [3.05, 3.63) is 36.1 Å².